The maximum Gasteiger partial charge on any atom is 0.240 e. The smallest absolute Gasteiger partial charge is 0.240 e. The number of anilines is 1. The van der Waals surface area contributed by atoms with E-state index in [2.05, 4.69) is 10.0 Å². The van der Waals surface area contributed by atoms with Crippen LogP contribution in [-0.4, -0.2) is 27.5 Å². The van der Waals surface area contributed by atoms with Crippen LogP contribution in [0.2, 0.25) is 0 Å². The SMILES string of the molecule is COc1cc(CC(=O)Nc2ccc(S(=O)(=O)NC(C)C)cc2)ccc1C. The number of hydrogen-bond acceptors (Lipinski definition) is 4. The average molecular weight is 376 g/mol. The van der Waals surface area contributed by atoms with E-state index in [9.17, 15) is 13.2 Å². The Morgan fingerprint density at radius 3 is 2.35 bits per heavy atom. The molecule has 7 heteroatoms. The summed E-state index contributed by atoms with van der Waals surface area (Å²) >= 11 is 0. The van der Waals surface area contributed by atoms with Gasteiger partial charge < -0.3 is 10.1 Å². The highest BCUT2D eigenvalue weighted by atomic mass is 32.2. The van der Waals surface area contributed by atoms with E-state index in [0.717, 1.165) is 16.9 Å². The number of carbonyl (C=O) groups excluding carboxylic acids is 1. The van der Waals surface area contributed by atoms with E-state index in [1.807, 2.05) is 25.1 Å². The van der Waals surface area contributed by atoms with Gasteiger partial charge in [-0.25, -0.2) is 13.1 Å². The third kappa shape index (κ3) is 5.31. The summed E-state index contributed by atoms with van der Waals surface area (Å²) in [6.07, 6.45) is 0.200. The van der Waals surface area contributed by atoms with E-state index < -0.39 is 10.0 Å². The molecule has 1 amide bonds. The maximum absolute atomic E-state index is 12.2. The Kier molecular flexibility index (Phi) is 6.39. The lowest BCUT2D eigenvalue weighted by molar-refractivity contribution is -0.115. The van der Waals surface area contributed by atoms with Crippen molar-refractivity contribution in [1.82, 2.24) is 4.72 Å². The second kappa shape index (κ2) is 8.33. The highest BCUT2D eigenvalue weighted by molar-refractivity contribution is 7.89. The Hall–Kier alpha value is -2.38. The fourth-order valence-electron chi connectivity index (χ4n) is 2.46. The fraction of sp³-hybridized carbons (Fsp3) is 0.316. The molecule has 0 unspecified atom stereocenters. The average Bonchev–Trinajstić information content (AvgIpc) is 2.56. The largest absolute Gasteiger partial charge is 0.496 e. The van der Waals surface area contributed by atoms with Crippen LogP contribution in [-0.2, 0) is 21.2 Å². The predicted octanol–water partition coefficient (Wildman–Crippen LogP) is 2.87. The first-order valence-electron chi connectivity index (χ1n) is 8.27. The van der Waals surface area contributed by atoms with Gasteiger partial charge in [-0.3, -0.25) is 4.79 Å². The van der Waals surface area contributed by atoms with Gasteiger partial charge in [0.1, 0.15) is 5.75 Å². The molecule has 0 heterocycles. The summed E-state index contributed by atoms with van der Waals surface area (Å²) in [4.78, 5) is 12.4. The van der Waals surface area contributed by atoms with Gasteiger partial charge in [0.15, 0.2) is 0 Å². The number of benzene rings is 2. The molecule has 0 aliphatic heterocycles. The third-order valence-electron chi connectivity index (χ3n) is 3.68. The summed E-state index contributed by atoms with van der Waals surface area (Å²) in [7, 11) is -1.95. The Balaban J connectivity index is 2.04. The van der Waals surface area contributed by atoms with Crippen molar-refractivity contribution in [3.8, 4) is 5.75 Å². The molecule has 2 aromatic carbocycles. The number of carbonyl (C=O) groups is 1. The summed E-state index contributed by atoms with van der Waals surface area (Å²) in [6, 6.07) is 11.5. The normalized spacial score (nSPS) is 11.4. The predicted molar refractivity (Wildman–Crippen MR) is 102 cm³/mol. The fourth-order valence-corrected chi connectivity index (χ4v) is 3.71. The minimum Gasteiger partial charge on any atom is -0.496 e. The highest BCUT2D eigenvalue weighted by Gasteiger charge is 2.15. The van der Waals surface area contributed by atoms with E-state index in [4.69, 9.17) is 4.74 Å². The Morgan fingerprint density at radius 2 is 1.77 bits per heavy atom. The van der Waals surface area contributed by atoms with Gasteiger partial charge in [-0.15, -0.1) is 0 Å². The molecule has 0 aromatic heterocycles. The van der Waals surface area contributed by atoms with Gasteiger partial charge >= 0.3 is 0 Å². The Labute approximate surface area is 154 Å². The van der Waals surface area contributed by atoms with Crippen molar-refractivity contribution in [2.24, 2.45) is 0 Å². The number of aryl methyl sites for hydroxylation is 1. The Bertz CT molecular complexity index is 875. The lowest BCUT2D eigenvalue weighted by Crippen LogP contribution is -2.30. The summed E-state index contributed by atoms with van der Waals surface area (Å²) in [5.74, 6) is 0.550. The number of hydrogen-bond donors (Lipinski definition) is 2. The highest BCUT2D eigenvalue weighted by Crippen LogP contribution is 2.20. The van der Waals surface area contributed by atoms with Gasteiger partial charge in [0.05, 0.1) is 18.4 Å². The zero-order valence-electron chi connectivity index (χ0n) is 15.4. The molecule has 0 bridgehead atoms. The molecule has 2 N–H and O–H groups in total. The van der Waals surface area contributed by atoms with Crippen molar-refractivity contribution in [3.63, 3.8) is 0 Å². The van der Waals surface area contributed by atoms with E-state index in [0.29, 0.717) is 5.69 Å². The van der Waals surface area contributed by atoms with Crippen LogP contribution < -0.4 is 14.8 Å². The molecule has 140 valence electrons. The van der Waals surface area contributed by atoms with Gasteiger partial charge in [0, 0.05) is 11.7 Å². The van der Waals surface area contributed by atoms with Crippen LogP contribution in [0.5, 0.6) is 5.75 Å². The number of rotatable bonds is 7. The number of methoxy groups -OCH3 is 1. The van der Waals surface area contributed by atoms with Gasteiger partial charge in [-0.1, -0.05) is 12.1 Å². The zero-order valence-corrected chi connectivity index (χ0v) is 16.2. The standard InChI is InChI=1S/C19H24N2O4S/c1-13(2)21-26(23,24)17-9-7-16(8-10-17)20-19(22)12-15-6-5-14(3)18(11-15)25-4/h5-11,13,21H,12H2,1-4H3,(H,20,22). The number of amides is 1. The van der Waals surface area contributed by atoms with E-state index in [-0.39, 0.29) is 23.3 Å². The van der Waals surface area contributed by atoms with Crippen LogP contribution in [0.3, 0.4) is 0 Å². The van der Waals surface area contributed by atoms with Crippen LogP contribution in [0.4, 0.5) is 5.69 Å². The van der Waals surface area contributed by atoms with Gasteiger partial charge in [-0.05, 0) is 62.2 Å². The van der Waals surface area contributed by atoms with E-state index in [1.54, 1.807) is 33.1 Å². The molecule has 2 rings (SSSR count). The van der Waals surface area contributed by atoms with Gasteiger partial charge in [-0.2, -0.15) is 0 Å². The van der Waals surface area contributed by atoms with Crippen LogP contribution >= 0.6 is 0 Å². The van der Waals surface area contributed by atoms with Crippen molar-refractivity contribution < 1.29 is 17.9 Å². The number of ether oxygens (including phenoxy) is 1. The molecular weight excluding hydrogens is 352 g/mol. The summed E-state index contributed by atoms with van der Waals surface area (Å²) in [5, 5.41) is 2.77. The van der Waals surface area contributed by atoms with Crippen LogP contribution in [0.1, 0.15) is 25.0 Å². The van der Waals surface area contributed by atoms with Crippen molar-refractivity contribution in [2.75, 3.05) is 12.4 Å². The molecule has 0 aliphatic carbocycles. The second-order valence-electron chi connectivity index (χ2n) is 6.33. The van der Waals surface area contributed by atoms with Crippen molar-refractivity contribution in [3.05, 3.63) is 53.6 Å². The van der Waals surface area contributed by atoms with E-state index >= 15 is 0 Å². The Morgan fingerprint density at radius 1 is 1.12 bits per heavy atom. The minimum atomic E-state index is -3.54. The monoisotopic (exact) mass is 376 g/mol. The summed E-state index contributed by atoms with van der Waals surface area (Å²) < 4.78 is 32.0. The molecule has 0 radical (unpaired) electrons. The molecule has 0 atom stereocenters. The number of sulfonamides is 1. The third-order valence-corrected chi connectivity index (χ3v) is 5.35. The molecule has 0 spiro atoms. The zero-order chi connectivity index (χ0) is 19.3. The molecule has 0 saturated carbocycles. The molecule has 2 aromatic rings. The molecule has 6 nitrogen and oxygen atoms in total. The van der Waals surface area contributed by atoms with Crippen LogP contribution in [0.25, 0.3) is 0 Å². The maximum atomic E-state index is 12.2. The van der Waals surface area contributed by atoms with Crippen molar-refractivity contribution in [1.29, 1.82) is 0 Å². The van der Waals surface area contributed by atoms with Crippen LogP contribution in [0, 0.1) is 6.92 Å². The summed E-state index contributed by atoms with van der Waals surface area (Å²) in [5.41, 5.74) is 2.38. The van der Waals surface area contributed by atoms with Crippen molar-refractivity contribution in [2.45, 2.75) is 38.1 Å². The number of nitrogens with one attached hydrogen (secondary N) is 2. The first kappa shape index (κ1) is 19.9. The molecular formula is C19H24N2O4S. The summed E-state index contributed by atoms with van der Waals surface area (Å²) in [6.45, 7) is 5.45. The van der Waals surface area contributed by atoms with Crippen LogP contribution in [0.15, 0.2) is 47.4 Å². The molecule has 26 heavy (non-hydrogen) atoms. The lowest BCUT2D eigenvalue weighted by atomic mass is 10.1. The van der Waals surface area contributed by atoms with E-state index in [1.165, 1.54) is 12.1 Å². The van der Waals surface area contributed by atoms with Gasteiger partial charge in [0.2, 0.25) is 15.9 Å². The molecule has 0 aliphatic rings. The minimum absolute atomic E-state index is 0.160. The lowest BCUT2D eigenvalue weighted by Gasteiger charge is -2.11. The molecule has 0 fully saturated rings. The van der Waals surface area contributed by atoms with Gasteiger partial charge in [0.25, 0.3) is 0 Å². The second-order valence-corrected chi connectivity index (χ2v) is 8.04. The van der Waals surface area contributed by atoms with Crippen molar-refractivity contribution >= 4 is 21.6 Å². The first-order chi connectivity index (χ1) is 12.2. The molecule has 0 saturated heterocycles. The topological polar surface area (TPSA) is 84.5 Å². The quantitative estimate of drug-likeness (QED) is 0.778. The first-order valence-corrected chi connectivity index (χ1v) is 9.75.